The largest absolute Gasteiger partial charge is 0.335 e. The van der Waals surface area contributed by atoms with Crippen LogP contribution in [0.3, 0.4) is 0 Å². The molecule has 0 radical (unpaired) electrons. The Morgan fingerprint density at radius 3 is 2.58 bits per heavy atom. The molecule has 134 valence electrons. The van der Waals surface area contributed by atoms with E-state index in [1.165, 1.54) is 35.4 Å². The number of Topliss-reactive ketones (excluding diaryl/α,β-unsaturated/α-hetero) is 1. The highest BCUT2D eigenvalue weighted by atomic mass is 32.2. The Bertz CT molecular complexity index is 1010. The standard InChI is InChI=1S/C17H14FN3O4S/c18-12-5-3-11(4-6-12)10-20-8-9-21-15(17(20)23)16(22)14-13(26(21,24)25)2-1-7-19-14/h1-7,15H,8-10H2. The van der Waals surface area contributed by atoms with Crippen LogP contribution in [0.15, 0.2) is 47.5 Å². The lowest BCUT2D eigenvalue weighted by molar-refractivity contribution is -0.137. The number of amides is 1. The van der Waals surface area contributed by atoms with Gasteiger partial charge in [0.25, 0.3) is 0 Å². The average molecular weight is 375 g/mol. The van der Waals surface area contributed by atoms with Gasteiger partial charge < -0.3 is 4.90 Å². The molecule has 26 heavy (non-hydrogen) atoms. The van der Waals surface area contributed by atoms with Gasteiger partial charge in [-0.2, -0.15) is 4.31 Å². The van der Waals surface area contributed by atoms with Crippen LogP contribution in [0.4, 0.5) is 4.39 Å². The van der Waals surface area contributed by atoms with Gasteiger partial charge in [-0.1, -0.05) is 12.1 Å². The Kier molecular flexibility index (Phi) is 3.85. The molecular formula is C17H14FN3O4S. The zero-order chi connectivity index (χ0) is 18.5. The lowest BCUT2D eigenvalue weighted by atomic mass is 10.0. The van der Waals surface area contributed by atoms with Gasteiger partial charge in [-0.05, 0) is 29.8 Å². The number of halogens is 1. The number of nitrogens with zero attached hydrogens (tertiary/aromatic N) is 3. The van der Waals surface area contributed by atoms with Crippen LogP contribution in [0.25, 0.3) is 0 Å². The van der Waals surface area contributed by atoms with E-state index in [0.717, 1.165) is 4.31 Å². The van der Waals surface area contributed by atoms with Crippen LogP contribution in [-0.2, 0) is 21.4 Å². The summed E-state index contributed by atoms with van der Waals surface area (Å²) in [6, 6.07) is 6.99. The number of piperazine rings is 1. The van der Waals surface area contributed by atoms with Crippen LogP contribution in [0, 0.1) is 5.82 Å². The van der Waals surface area contributed by atoms with Crippen molar-refractivity contribution in [3.63, 3.8) is 0 Å². The molecule has 9 heteroatoms. The minimum atomic E-state index is -3.96. The number of carbonyl (C=O) groups is 2. The molecule has 2 aliphatic heterocycles. The normalized spacial score (nSPS) is 22.0. The van der Waals surface area contributed by atoms with Crippen LogP contribution < -0.4 is 0 Å². The maximum absolute atomic E-state index is 13.0. The average Bonchev–Trinajstić information content (AvgIpc) is 2.63. The van der Waals surface area contributed by atoms with E-state index in [-0.39, 0.29) is 36.0 Å². The van der Waals surface area contributed by atoms with Crippen molar-refractivity contribution in [2.45, 2.75) is 17.5 Å². The number of fused-ring (bicyclic) bond motifs is 2. The Morgan fingerprint density at radius 1 is 1.12 bits per heavy atom. The molecule has 1 unspecified atom stereocenters. The van der Waals surface area contributed by atoms with Crippen LogP contribution in [0.2, 0.25) is 0 Å². The molecule has 0 saturated carbocycles. The Hall–Kier alpha value is -2.65. The van der Waals surface area contributed by atoms with Crippen molar-refractivity contribution in [2.75, 3.05) is 13.1 Å². The van der Waals surface area contributed by atoms with Crippen LogP contribution >= 0.6 is 0 Å². The number of benzene rings is 1. The first-order valence-corrected chi connectivity index (χ1v) is 9.38. The van der Waals surface area contributed by atoms with Gasteiger partial charge in [0.15, 0.2) is 6.04 Å². The first-order valence-electron chi connectivity index (χ1n) is 7.94. The fourth-order valence-corrected chi connectivity index (χ4v) is 4.95. The second-order valence-electron chi connectivity index (χ2n) is 6.12. The van der Waals surface area contributed by atoms with Crippen molar-refractivity contribution >= 4 is 21.7 Å². The van der Waals surface area contributed by atoms with Crippen molar-refractivity contribution in [1.82, 2.24) is 14.2 Å². The molecule has 1 fully saturated rings. The lowest BCUT2D eigenvalue weighted by Crippen LogP contribution is -2.63. The maximum Gasteiger partial charge on any atom is 0.249 e. The third kappa shape index (κ3) is 2.51. The van der Waals surface area contributed by atoms with Gasteiger partial charge in [0.1, 0.15) is 16.4 Å². The quantitative estimate of drug-likeness (QED) is 0.725. The Labute approximate surface area is 149 Å². The van der Waals surface area contributed by atoms with Crippen molar-refractivity contribution in [2.24, 2.45) is 0 Å². The van der Waals surface area contributed by atoms with E-state index < -0.39 is 27.8 Å². The summed E-state index contributed by atoms with van der Waals surface area (Å²) < 4.78 is 39.5. The molecule has 1 aromatic carbocycles. The van der Waals surface area contributed by atoms with Crippen LogP contribution in [0.5, 0.6) is 0 Å². The minimum Gasteiger partial charge on any atom is -0.335 e. The predicted molar refractivity (Wildman–Crippen MR) is 88.1 cm³/mol. The predicted octanol–water partition coefficient (Wildman–Crippen LogP) is 0.819. The summed E-state index contributed by atoms with van der Waals surface area (Å²) in [6.45, 7) is 0.334. The highest BCUT2D eigenvalue weighted by Crippen LogP contribution is 2.31. The van der Waals surface area contributed by atoms with E-state index in [4.69, 9.17) is 0 Å². The summed E-state index contributed by atoms with van der Waals surface area (Å²) in [6.07, 6.45) is 1.32. The fraction of sp³-hybridized carbons (Fsp3) is 0.235. The molecule has 7 nitrogen and oxygen atoms in total. The van der Waals surface area contributed by atoms with E-state index in [2.05, 4.69) is 4.98 Å². The summed E-state index contributed by atoms with van der Waals surface area (Å²) in [4.78, 5) is 30.7. The maximum atomic E-state index is 13.0. The van der Waals surface area contributed by atoms with Gasteiger partial charge in [-0.25, -0.2) is 12.8 Å². The zero-order valence-corrected chi connectivity index (χ0v) is 14.3. The van der Waals surface area contributed by atoms with Gasteiger partial charge in [-0.3, -0.25) is 14.6 Å². The number of sulfonamides is 1. The van der Waals surface area contributed by atoms with Gasteiger partial charge >= 0.3 is 0 Å². The number of carbonyl (C=O) groups excluding carboxylic acids is 2. The highest BCUT2D eigenvalue weighted by molar-refractivity contribution is 7.89. The molecule has 2 aliphatic rings. The molecule has 0 N–H and O–H groups in total. The van der Waals surface area contributed by atoms with Gasteiger partial charge in [0, 0.05) is 25.8 Å². The number of hydrogen-bond donors (Lipinski definition) is 0. The van der Waals surface area contributed by atoms with E-state index in [1.54, 1.807) is 12.1 Å². The first kappa shape index (κ1) is 16.8. The van der Waals surface area contributed by atoms with Gasteiger partial charge in [-0.15, -0.1) is 0 Å². The van der Waals surface area contributed by atoms with E-state index in [0.29, 0.717) is 5.56 Å². The summed E-state index contributed by atoms with van der Waals surface area (Å²) in [7, 11) is -3.96. The molecule has 1 saturated heterocycles. The summed E-state index contributed by atoms with van der Waals surface area (Å²) in [5.41, 5.74) is 0.489. The summed E-state index contributed by atoms with van der Waals surface area (Å²) >= 11 is 0. The zero-order valence-electron chi connectivity index (χ0n) is 13.5. The molecule has 1 atom stereocenters. The minimum absolute atomic E-state index is 0.0139. The Balaban J connectivity index is 1.68. The van der Waals surface area contributed by atoms with Crippen LogP contribution in [0.1, 0.15) is 16.1 Å². The molecule has 4 rings (SSSR count). The molecule has 3 heterocycles. The molecule has 0 bridgehead atoms. The molecule has 1 aromatic heterocycles. The van der Waals surface area contributed by atoms with E-state index >= 15 is 0 Å². The summed E-state index contributed by atoms with van der Waals surface area (Å²) in [5.74, 6) is -1.60. The molecule has 0 spiro atoms. The topological polar surface area (TPSA) is 87.6 Å². The highest BCUT2D eigenvalue weighted by Gasteiger charge is 2.51. The fourth-order valence-electron chi connectivity index (χ4n) is 3.26. The third-order valence-corrected chi connectivity index (χ3v) is 6.45. The molecule has 1 amide bonds. The Morgan fingerprint density at radius 2 is 1.85 bits per heavy atom. The SMILES string of the molecule is O=C1c2ncccc2S(=O)(=O)N2CCN(Cc3ccc(F)cc3)C(=O)C12. The molecule has 2 aromatic rings. The number of rotatable bonds is 2. The monoisotopic (exact) mass is 375 g/mol. The molecule has 0 aliphatic carbocycles. The van der Waals surface area contributed by atoms with Gasteiger partial charge in [0.2, 0.25) is 21.7 Å². The number of pyridine rings is 1. The van der Waals surface area contributed by atoms with Crippen molar-refractivity contribution in [3.8, 4) is 0 Å². The smallest absolute Gasteiger partial charge is 0.249 e. The second-order valence-corrected chi connectivity index (χ2v) is 7.98. The van der Waals surface area contributed by atoms with Crippen LogP contribution in [-0.4, -0.2) is 53.4 Å². The van der Waals surface area contributed by atoms with Crippen molar-refractivity contribution < 1.29 is 22.4 Å². The van der Waals surface area contributed by atoms with Crippen molar-refractivity contribution in [1.29, 1.82) is 0 Å². The number of aromatic nitrogens is 1. The lowest BCUT2D eigenvalue weighted by Gasteiger charge is -2.41. The molecular weight excluding hydrogens is 361 g/mol. The summed E-state index contributed by atoms with van der Waals surface area (Å²) in [5, 5.41) is 0. The number of hydrogen-bond acceptors (Lipinski definition) is 5. The number of ketones is 1. The third-order valence-electron chi connectivity index (χ3n) is 4.55. The van der Waals surface area contributed by atoms with Gasteiger partial charge in [0.05, 0.1) is 0 Å². The van der Waals surface area contributed by atoms with E-state index in [9.17, 15) is 22.4 Å². The van der Waals surface area contributed by atoms with E-state index in [1.807, 2.05) is 0 Å². The van der Waals surface area contributed by atoms with Crippen molar-refractivity contribution in [3.05, 3.63) is 59.7 Å². The second kappa shape index (κ2) is 5.96. The first-order chi connectivity index (χ1) is 12.4.